The van der Waals surface area contributed by atoms with E-state index < -0.39 is 0 Å². The molecule has 0 amide bonds. The van der Waals surface area contributed by atoms with Crippen molar-refractivity contribution in [3.05, 3.63) is 40.5 Å². The quantitative estimate of drug-likeness (QED) is 0.845. The minimum atomic E-state index is 0.654. The third-order valence-corrected chi connectivity index (χ3v) is 2.63. The van der Waals surface area contributed by atoms with Crippen LogP contribution in [-0.2, 0) is 6.42 Å². The van der Waals surface area contributed by atoms with E-state index in [1.807, 2.05) is 25.1 Å². The van der Waals surface area contributed by atoms with Crippen molar-refractivity contribution in [2.75, 3.05) is 6.54 Å². The smallest absolute Gasteiger partial charge is 0.0722 e. The van der Waals surface area contributed by atoms with Gasteiger partial charge in [0.1, 0.15) is 0 Å². The van der Waals surface area contributed by atoms with E-state index in [4.69, 9.17) is 17.3 Å². The first-order chi connectivity index (χ1) is 7.20. The number of nitrogens with zero attached hydrogens (tertiary/aromatic N) is 1. The zero-order valence-corrected chi connectivity index (χ0v) is 9.38. The zero-order chi connectivity index (χ0) is 10.8. The molecule has 78 valence electrons. The molecule has 0 radical (unpaired) electrons. The van der Waals surface area contributed by atoms with Crippen LogP contribution in [0.1, 0.15) is 11.3 Å². The number of aromatic nitrogens is 1. The lowest BCUT2D eigenvalue weighted by Gasteiger charge is -2.06. The highest BCUT2D eigenvalue weighted by Gasteiger charge is 2.03. The molecule has 0 fully saturated rings. The van der Waals surface area contributed by atoms with Crippen molar-refractivity contribution in [3.8, 4) is 0 Å². The second kappa shape index (κ2) is 4.17. The van der Waals surface area contributed by atoms with Crippen LogP contribution < -0.4 is 5.73 Å². The number of hydrogen-bond donors (Lipinski definition) is 1. The first-order valence-corrected chi connectivity index (χ1v) is 5.34. The van der Waals surface area contributed by atoms with Crippen molar-refractivity contribution in [1.29, 1.82) is 0 Å². The van der Waals surface area contributed by atoms with Crippen LogP contribution in [0.15, 0.2) is 24.3 Å². The number of nitrogens with two attached hydrogens (primary N) is 1. The number of benzene rings is 1. The summed E-state index contributed by atoms with van der Waals surface area (Å²) in [6, 6.07) is 7.88. The van der Waals surface area contributed by atoms with E-state index in [2.05, 4.69) is 11.1 Å². The minimum absolute atomic E-state index is 0.654. The summed E-state index contributed by atoms with van der Waals surface area (Å²) in [5.41, 5.74) is 8.79. The van der Waals surface area contributed by atoms with E-state index in [-0.39, 0.29) is 0 Å². The van der Waals surface area contributed by atoms with Crippen molar-refractivity contribution in [1.82, 2.24) is 4.98 Å². The number of fused-ring (bicyclic) bond motifs is 1. The van der Waals surface area contributed by atoms with Gasteiger partial charge < -0.3 is 5.73 Å². The molecule has 1 aromatic carbocycles. The summed E-state index contributed by atoms with van der Waals surface area (Å²) >= 11 is 5.94. The van der Waals surface area contributed by atoms with Gasteiger partial charge in [0.25, 0.3) is 0 Å². The summed E-state index contributed by atoms with van der Waals surface area (Å²) in [5, 5.41) is 1.87. The Labute approximate surface area is 94.1 Å². The number of halogens is 1. The maximum Gasteiger partial charge on any atom is 0.0722 e. The fourth-order valence-electron chi connectivity index (χ4n) is 1.78. The molecule has 2 nitrogen and oxygen atoms in total. The van der Waals surface area contributed by atoms with Gasteiger partial charge in [-0.05, 0) is 43.7 Å². The second-order valence-electron chi connectivity index (χ2n) is 3.62. The van der Waals surface area contributed by atoms with E-state index in [0.717, 1.165) is 28.0 Å². The normalized spacial score (nSPS) is 10.9. The molecule has 2 aromatic rings. The van der Waals surface area contributed by atoms with Crippen LogP contribution >= 0.6 is 11.6 Å². The highest BCUT2D eigenvalue weighted by Crippen LogP contribution is 2.22. The van der Waals surface area contributed by atoms with E-state index in [1.54, 1.807) is 0 Å². The van der Waals surface area contributed by atoms with E-state index in [0.29, 0.717) is 6.54 Å². The molecule has 0 aliphatic carbocycles. The molecule has 3 heteroatoms. The van der Waals surface area contributed by atoms with Crippen LogP contribution in [-0.4, -0.2) is 11.5 Å². The van der Waals surface area contributed by atoms with E-state index in [9.17, 15) is 0 Å². The van der Waals surface area contributed by atoms with Gasteiger partial charge in [0, 0.05) is 16.1 Å². The molecule has 15 heavy (non-hydrogen) atoms. The van der Waals surface area contributed by atoms with Crippen LogP contribution in [0.25, 0.3) is 10.9 Å². The molecule has 0 atom stereocenters. The molecule has 1 aromatic heterocycles. The third kappa shape index (κ3) is 2.11. The topological polar surface area (TPSA) is 38.9 Å². The molecule has 1 heterocycles. The Bertz CT molecular complexity index is 489. The lowest BCUT2D eigenvalue weighted by molar-refractivity contribution is 0.971. The number of hydrogen-bond acceptors (Lipinski definition) is 2. The Hall–Kier alpha value is -1.12. The molecule has 2 N–H and O–H groups in total. The van der Waals surface area contributed by atoms with Crippen LogP contribution in [0.4, 0.5) is 0 Å². The SMILES string of the molecule is Cc1cc(CCN)c2ccc(Cl)cc2n1. The first-order valence-electron chi connectivity index (χ1n) is 4.96. The summed E-state index contributed by atoms with van der Waals surface area (Å²) in [6.07, 6.45) is 0.876. The van der Waals surface area contributed by atoms with Crippen LogP contribution in [0, 0.1) is 6.92 Å². The first kappa shape index (κ1) is 10.4. The highest BCUT2D eigenvalue weighted by molar-refractivity contribution is 6.31. The molecule has 0 aliphatic heterocycles. The monoisotopic (exact) mass is 220 g/mol. The largest absolute Gasteiger partial charge is 0.330 e. The Balaban J connectivity index is 2.68. The number of pyridine rings is 1. The molecule has 0 spiro atoms. The highest BCUT2D eigenvalue weighted by atomic mass is 35.5. The van der Waals surface area contributed by atoms with Gasteiger partial charge in [0.2, 0.25) is 0 Å². The number of rotatable bonds is 2. The maximum absolute atomic E-state index is 5.94. The van der Waals surface area contributed by atoms with Gasteiger partial charge in [0.15, 0.2) is 0 Å². The predicted octanol–water partition coefficient (Wildman–Crippen LogP) is 2.70. The van der Waals surface area contributed by atoms with Gasteiger partial charge in [-0.15, -0.1) is 0 Å². The maximum atomic E-state index is 5.94. The molecule has 0 aliphatic rings. The van der Waals surface area contributed by atoms with E-state index in [1.165, 1.54) is 5.56 Å². The Morgan fingerprint density at radius 3 is 2.87 bits per heavy atom. The average Bonchev–Trinajstić information content (AvgIpc) is 2.17. The third-order valence-electron chi connectivity index (χ3n) is 2.40. The second-order valence-corrected chi connectivity index (χ2v) is 4.06. The molecule has 2 rings (SSSR count). The summed E-state index contributed by atoms with van der Waals surface area (Å²) in [6.45, 7) is 2.64. The van der Waals surface area contributed by atoms with Crippen molar-refractivity contribution < 1.29 is 0 Å². The molecular formula is C12H13ClN2. The van der Waals surface area contributed by atoms with Gasteiger partial charge in [-0.1, -0.05) is 17.7 Å². The molecular weight excluding hydrogens is 208 g/mol. The van der Waals surface area contributed by atoms with Crippen LogP contribution in [0.5, 0.6) is 0 Å². The predicted molar refractivity (Wildman–Crippen MR) is 64.2 cm³/mol. The van der Waals surface area contributed by atoms with Crippen LogP contribution in [0.2, 0.25) is 5.02 Å². The Kier molecular flexibility index (Phi) is 2.89. The standard InChI is InChI=1S/C12H13ClN2/c1-8-6-9(4-5-14)11-3-2-10(13)7-12(11)15-8/h2-3,6-7H,4-5,14H2,1H3. The Morgan fingerprint density at radius 2 is 2.13 bits per heavy atom. The van der Waals surface area contributed by atoms with Crippen molar-refractivity contribution in [2.45, 2.75) is 13.3 Å². The molecule has 0 saturated heterocycles. The van der Waals surface area contributed by atoms with Crippen LogP contribution in [0.3, 0.4) is 0 Å². The lowest BCUT2D eigenvalue weighted by Crippen LogP contribution is -2.04. The molecule has 0 bridgehead atoms. The van der Waals surface area contributed by atoms with Gasteiger partial charge in [-0.3, -0.25) is 4.98 Å². The van der Waals surface area contributed by atoms with Crippen molar-refractivity contribution in [3.63, 3.8) is 0 Å². The number of aryl methyl sites for hydroxylation is 1. The zero-order valence-electron chi connectivity index (χ0n) is 8.63. The van der Waals surface area contributed by atoms with Gasteiger partial charge in [-0.2, -0.15) is 0 Å². The average molecular weight is 221 g/mol. The fraction of sp³-hybridized carbons (Fsp3) is 0.250. The van der Waals surface area contributed by atoms with Gasteiger partial charge in [0.05, 0.1) is 5.52 Å². The van der Waals surface area contributed by atoms with Crippen molar-refractivity contribution >= 4 is 22.5 Å². The van der Waals surface area contributed by atoms with Gasteiger partial charge in [-0.25, -0.2) is 0 Å². The minimum Gasteiger partial charge on any atom is -0.330 e. The fourth-order valence-corrected chi connectivity index (χ4v) is 1.95. The van der Waals surface area contributed by atoms with Gasteiger partial charge >= 0.3 is 0 Å². The van der Waals surface area contributed by atoms with Crippen molar-refractivity contribution in [2.24, 2.45) is 5.73 Å². The van der Waals surface area contributed by atoms with E-state index >= 15 is 0 Å². The summed E-state index contributed by atoms with van der Waals surface area (Å²) < 4.78 is 0. The summed E-state index contributed by atoms with van der Waals surface area (Å²) in [4.78, 5) is 4.45. The lowest BCUT2D eigenvalue weighted by atomic mass is 10.1. The Morgan fingerprint density at radius 1 is 1.33 bits per heavy atom. The molecule has 0 saturated carbocycles. The molecule has 0 unspecified atom stereocenters. The summed E-state index contributed by atoms with van der Waals surface area (Å²) in [7, 11) is 0. The summed E-state index contributed by atoms with van der Waals surface area (Å²) in [5.74, 6) is 0.